The molecule has 6 heteroatoms. The van der Waals surface area contributed by atoms with E-state index in [1.165, 1.54) is 11.3 Å². The van der Waals surface area contributed by atoms with Crippen LogP contribution in [-0.2, 0) is 9.53 Å². The summed E-state index contributed by atoms with van der Waals surface area (Å²) in [6.07, 6.45) is 0. The van der Waals surface area contributed by atoms with Crippen LogP contribution in [0, 0.1) is 0 Å². The molecular formula is C8H9Cl2NO2S. The van der Waals surface area contributed by atoms with Crippen LogP contribution in [0.15, 0.2) is 6.07 Å². The van der Waals surface area contributed by atoms with Crippen molar-refractivity contribution in [3.8, 4) is 0 Å². The first kappa shape index (κ1) is 11.8. The highest BCUT2D eigenvalue weighted by atomic mass is 35.5. The third-order valence-electron chi connectivity index (χ3n) is 1.56. The molecule has 2 N–H and O–H groups in total. The fourth-order valence-electron chi connectivity index (χ4n) is 0.924. The van der Waals surface area contributed by atoms with Gasteiger partial charge >= 0.3 is 5.97 Å². The molecule has 0 amide bonds. The van der Waals surface area contributed by atoms with Crippen LogP contribution in [0.4, 0.5) is 0 Å². The van der Waals surface area contributed by atoms with Gasteiger partial charge < -0.3 is 10.5 Å². The lowest BCUT2D eigenvalue weighted by molar-refractivity contribution is -0.144. The average molecular weight is 254 g/mol. The van der Waals surface area contributed by atoms with Gasteiger partial charge in [-0.2, -0.15) is 0 Å². The number of carbonyl (C=O) groups excluding carboxylic acids is 1. The Labute approximate surface area is 95.8 Å². The van der Waals surface area contributed by atoms with E-state index in [2.05, 4.69) is 0 Å². The molecule has 0 saturated carbocycles. The predicted molar refractivity (Wildman–Crippen MR) is 57.9 cm³/mol. The van der Waals surface area contributed by atoms with Crippen LogP contribution in [0.1, 0.15) is 18.5 Å². The molecule has 0 aliphatic rings. The summed E-state index contributed by atoms with van der Waals surface area (Å²) >= 11 is 12.7. The average Bonchev–Trinajstić information content (AvgIpc) is 2.44. The lowest BCUT2D eigenvalue weighted by Gasteiger charge is -2.08. The van der Waals surface area contributed by atoms with Crippen LogP contribution in [0.25, 0.3) is 0 Å². The highest BCUT2D eigenvalue weighted by Gasteiger charge is 2.21. The largest absolute Gasteiger partial charge is 0.465 e. The highest BCUT2D eigenvalue weighted by molar-refractivity contribution is 7.20. The second kappa shape index (κ2) is 4.98. The van der Waals surface area contributed by atoms with Gasteiger partial charge in [0.15, 0.2) is 0 Å². The Morgan fingerprint density at radius 1 is 1.71 bits per heavy atom. The van der Waals surface area contributed by atoms with Crippen molar-refractivity contribution in [1.82, 2.24) is 0 Å². The number of hydrogen-bond acceptors (Lipinski definition) is 4. The summed E-state index contributed by atoms with van der Waals surface area (Å²) in [5.41, 5.74) is 6.14. The predicted octanol–water partition coefficient (Wildman–Crippen LogP) is 2.62. The van der Waals surface area contributed by atoms with Gasteiger partial charge in [-0.05, 0) is 13.0 Å². The van der Waals surface area contributed by atoms with E-state index >= 15 is 0 Å². The van der Waals surface area contributed by atoms with Crippen molar-refractivity contribution in [3.05, 3.63) is 20.3 Å². The van der Waals surface area contributed by atoms with Gasteiger partial charge in [0.2, 0.25) is 0 Å². The van der Waals surface area contributed by atoms with Crippen molar-refractivity contribution >= 4 is 40.5 Å². The fraction of sp³-hybridized carbons (Fsp3) is 0.375. The quantitative estimate of drug-likeness (QED) is 0.843. The van der Waals surface area contributed by atoms with Gasteiger partial charge in [-0.3, -0.25) is 0 Å². The van der Waals surface area contributed by atoms with E-state index < -0.39 is 12.0 Å². The number of nitrogens with two attached hydrogens (primary N) is 1. The van der Waals surface area contributed by atoms with Gasteiger partial charge in [-0.1, -0.05) is 23.2 Å². The molecule has 0 aliphatic heterocycles. The molecule has 1 aromatic rings. The van der Waals surface area contributed by atoms with E-state index in [0.717, 1.165) is 0 Å². The van der Waals surface area contributed by atoms with E-state index in [1.807, 2.05) is 0 Å². The second-order valence-corrected chi connectivity index (χ2v) is 4.79. The van der Waals surface area contributed by atoms with Crippen LogP contribution in [0.5, 0.6) is 0 Å². The number of hydrogen-bond donors (Lipinski definition) is 1. The fourth-order valence-corrected chi connectivity index (χ4v) is 2.47. The standard InChI is InChI=1S/C8H9Cl2NO2S/c1-2-13-8(12)6(11)4-3-5(9)14-7(4)10/h3,6H,2,11H2,1H3. The smallest absolute Gasteiger partial charge is 0.327 e. The third-order valence-corrected chi connectivity index (χ3v) is 3.08. The second-order valence-electron chi connectivity index (χ2n) is 2.51. The first-order valence-electron chi connectivity index (χ1n) is 3.93. The molecule has 1 heterocycles. The molecule has 3 nitrogen and oxygen atoms in total. The monoisotopic (exact) mass is 253 g/mol. The zero-order chi connectivity index (χ0) is 10.7. The summed E-state index contributed by atoms with van der Waals surface area (Å²) in [5, 5.41) is 0. The lowest BCUT2D eigenvalue weighted by Crippen LogP contribution is -2.23. The summed E-state index contributed by atoms with van der Waals surface area (Å²) in [6, 6.07) is 0.724. The van der Waals surface area contributed by atoms with E-state index in [9.17, 15) is 4.79 Å². The number of thiophene rings is 1. The van der Waals surface area contributed by atoms with Crippen LogP contribution >= 0.6 is 34.5 Å². The van der Waals surface area contributed by atoms with E-state index in [-0.39, 0.29) is 0 Å². The Kier molecular flexibility index (Phi) is 4.19. The van der Waals surface area contributed by atoms with Crippen molar-refractivity contribution in [2.24, 2.45) is 5.73 Å². The molecule has 1 aromatic heterocycles. The van der Waals surface area contributed by atoms with Gasteiger partial charge in [0.1, 0.15) is 6.04 Å². The molecule has 1 unspecified atom stereocenters. The SMILES string of the molecule is CCOC(=O)C(N)c1cc(Cl)sc1Cl. The number of carbonyl (C=O) groups is 1. The summed E-state index contributed by atoms with van der Waals surface area (Å²) in [4.78, 5) is 11.3. The molecule has 1 atom stereocenters. The Hall–Kier alpha value is -0.290. The lowest BCUT2D eigenvalue weighted by atomic mass is 10.2. The van der Waals surface area contributed by atoms with Crippen LogP contribution in [-0.4, -0.2) is 12.6 Å². The van der Waals surface area contributed by atoms with Gasteiger partial charge in [0, 0.05) is 5.56 Å². The molecule has 14 heavy (non-hydrogen) atoms. The third kappa shape index (κ3) is 2.60. The summed E-state index contributed by atoms with van der Waals surface area (Å²) in [6.45, 7) is 2.01. The maximum atomic E-state index is 11.3. The summed E-state index contributed by atoms with van der Waals surface area (Å²) in [5.74, 6) is -0.496. The Morgan fingerprint density at radius 2 is 2.36 bits per heavy atom. The first-order valence-corrected chi connectivity index (χ1v) is 5.50. The first-order chi connectivity index (χ1) is 6.56. The van der Waals surface area contributed by atoms with Gasteiger partial charge in [-0.15, -0.1) is 11.3 Å². The zero-order valence-corrected chi connectivity index (χ0v) is 9.75. The van der Waals surface area contributed by atoms with Crippen molar-refractivity contribution in [2.45, 2.75) is 13.0 Å². The van der Waals surface area contributed by atoms with Gasteiger partial charge in [-0.25, -0.2) is 4.79 Å². The maximum absolute atomic E-state index is 11.3. The molecule has 1 rings (SSSR count). The molecule has 0 fully saturated rings. The summed E-state index contributed by atoms with van der Waals surface area (Å²) in [7, 11) is 0. The van der Waals surface area contributed by atoms with Crippen molar-refractivity contribution in [2.75, 3.05) is 6.61 Å². The van der Waals surface area contributed by atoms with E-state index in [0.29, 0.717) is 20.8 Å². The van der Waals surface area contributed by atoms with Crippen LogP contribution < -0.4 is 5.73 Å². The highest BCUT2D eigenvalue weighted by Crippen LogP contribution is 2.34. The molecule has 78 valence electrons. The van der Waals surface area contributed by atoms with Crippen LogP contribution in [0.3, 0.4) is 0 Å². The minimum atomic E-state index is -0.855. The van der Waals surface area contributed by atoms with E-state index in [1.54, 1.807) is 13.0 Å². The van der Waals surface area contributed by atoms with Crippen molar-refractivity contribution in [3.63, 3.8) is 0 Å². The zero-order valence-electron chi connectivity index (χ0n) is 7.42. The van der Waals surface area contributed by atoms with Crippen molar-refractivity contribution in [1.29, 1.82) is 0 Å². The number of ether oxygens (including phenoxy) is 1. The number of rotatable bonds is 3. The number of halogens is 2. The minimum Gasteiger partial charge on any atom is -0.465 e. The van der Waals surface area contributed by atoms with E-state index in [4.69, 9.17) is 33.7 Å². The maximum Gasteiger partial charge on any atom is 0.327 e. The Morgan fingerprint density at radius 3 is 2.79 bits per heavy atom. The van der Waals surface area contributed by atoms with Crippen LogP contribution in [0.2, 0.25) is 8.67 Å². The topological polar surface area (TPSA) is 52.3 Å². The number of esters is 1. The molecule has 0 saturated heterocycles. The molecule has 0 aliphatic carbocycles. The molecular weight excluding hydrogens is 245 g/mol. The van der Waals surface area contributed by atoms with Crippen molar-refractivity contribution < 1.29 is 9.53 Å². The molecule has 0 spiro atoms. The Bertz CT molecular complexity index is 340. The van der Waals surface area contributed by atoms with Gasteiger partial charge in [0.05, 0.1) is 15.3 Å². The molecule has 0 bridgehead atoms. The van der Waals surface area contributed by atoms with Gasteiger partial charge in [0.25, 0.3) is 0 Å². The molecule has 0 aromatic carbocycles. The minimum absolute atomic E-state index is 0.294. The summed E-state index contributed by atoms with van der Waals surface area (Å²) < 4.78 is 5.69. The molecule has 0 radical (unpaired) electrons. The normalized spacial score (nSPS) is 12.6. The Balaban J connectivity index is 2.83.